The van der Waals surface area contributed by atoms with Crippen molar-refractivity contribution in [1.29, 1.82) is 0 Å². The fraction of sp³-hybridized carbons (Fsp3) is 0.125. The Labute approximate surface area is 133 Å². The Morgan fingerprint density at radius 1 is 0.870 bits per heavy atom. The molecule has 1 aliphatic rings. The summed E-state index contributed by atoms with van der Waals surface area (Å²) < 4.78 is 24.9. The number of sulfone groups is 1. The number of carbonyl (C=O) groups is 2. The standard InChI is InChI=1S/C16H13NO5S/c1-11(23(20,21)12-7-3-2-4-8-12)22-17-15(18)13-9-5-6-10-14(13)16(17)19/h2-11H,1H3/t11-/m1/s1. The van der Waals surface area contributed by atoms with Gasteiger partial charge >= 0.3 is 0 Å². The van der Waals surface area contributed by atoms with Crippen LogP contribution in [0.1, 0.15) is 27.6 Å². The molecule has 1 atom stereocenters. The molecule has 7 heteroatoms. The topological polar surface area (TPSA) is 80.8 Å². The number of hydroxylamine groups is 2. The number of hydrogen-bond donors (Lipinski definition) is 0. The molecular formula is C16H13NO5S. The first-order chi connectivity index (χ1) is 10.9. The summed E-state index contributed by atoms with van der Waals surface area (Å²) in [5.41, 5.74) is -0.990. The molecule has 0 N–H and O–H groups in total. The Hall–Kier alpha value is -2.51. The summed E-state index contributed by atoms with van der Waals surface area (Å²) in [4.78, 5) is 29.6. The quantitative estimate of drug-likeness (QED) is 0.801. The smallest absolute Gasteiger partial charge is 0.266 e. The van der Waals surface area contributed by atoms with Gasteiger partial charge in [0.15, 0.2) is 5.44 Å². The van der Waals surface area contributed by atoms with Gasteiger partial charge in [0.1, 0.15) is 0 Å². The molecule has 2 aromatic rings. The van der Waals surface area contributed by atoms with E-state index in [-0.39, 0.29) is 16.0 Å². The third kappa shape index (κ3) is 2.54. The van der Waals surface area contributed by atoms with Crippen LogP contribution in [0.2, 0.25) is 0 Å². The maximum atomic E-state index is 12.4. The average molecular weight is 331 g/mol. The molecule has 1 heterocycles. The number of fused-ring (bicyclic) bond motifs is 1. The van der Waals surface area contributed by atoms with Crippen molar-refractivity contribution in [2.45, 2.75) is 17.3 Å². The van der Waals surface area contributed by atoms with E-state index in [9.17, 15) is 18.0 Å². The molecule has 23 heavy (non-hydrogen) atoms. The lowest BCUT2D eigenvalue weighted by Crippen LogP contribution is -2.36. The summed E-state index contributed by atoms with van der Waals surface area (Å²) in [6.45, 7) is 1.28. The molecule has 0 unspecified atom stereocenters. The summed E-state index contributed by atoms with van der Waals surface area (Å²) >= 11 is 0. The van der Waals surface area contributed by atoms with Crippen LogP contribution in [0.5, 0.6) is 0 Å². The summed E-state index contributed by atoms with van der Waals surface area (Å²) in [6.07, 6.45) is 0. The Balaban J connectivity index is 1.86. The van der Waals surface area contributed by atoms with E-state index in [0.29, 0.717) is 5.06 Å². The van der Waals surface area contributed by atoms with E-state index in [0.717, 1.165) is 0 Å². The predicted octanol–water partition coefficient (Wildman–Crippen LogP) is 2.03. The van der Waals surface area contributed by atoms with Crippen molar-refractivity contribution in [3.05, 3.63) is 65.7 Å². The molecule has 118 valence electrons. The SMILES string of the molecule is C[C@H](ON1C(=O)c2ccccc2C1=O)S(=O)(=O)c1ccccc1. The van der Waals surface area contributed by atoms with Crippen LogP contribution in [-0.2, 0) is 14.7 Å². The molecule has 3 rings (SSSR count). The molecule has 0 aliphatic carbocycles. The number of amides is 2. The maximum Gasteiger partial charge on any atom is 0.285 e. The number of nitrogens with zero attached hydrogens (tertiary/aromatic N) is 1. The highest BCUT2D eigenvalue weighted by Gasteiger charge is 2.39. The second-order valence-corrected chi connectivity index (χ2v) is 7.21. The molecule has 0 bridgehead atoms. The second kappa shape index (κ2) is 5.60. The van der Waals surface area contributed by atoms with Gasteiger partial charge in [-0.25, -0.2) is 13.3 Å². The first-order valence-electron chi connectivity index (χ1n) is 6.86. The molecule has 2 amide bonds. The van der Waals surface area contributed by atoms with Crippen LogP contribution in [0.4, 0.5) is 0 Å². The van der Waals surface area contributed by atoms with Gasteiger partial charge in [-0.3, -0.25) is 9.59 Å². The van der Waals surface area contributed by atoms with Gasteiger partial charge in [-0.05, 0) is 31.2 Å². The van der Waals surface area contributed by atoms with Crippen LogP contribution in [0.15, 0.2) is 59.5 Å². The van der Waals surface area contributed by atoms with Gasteiger partial charge in [-0.1, -0.05) is 30.3 Å². The average Bonchev–Trinajstić information content (AvgIpc) is 2.81. The van der Waals surface area contributed by atoms with Gasteiger partial charge < -0.3 is 0 Å². The van der Waals surface area contributed by atoms with Crippen LogP contribution < -0.4 is 0 Å². The van der Waals surface area contributed by atoms with Crippen molar-refractivity contribution >= 4 is 21.7 Å². The van der Waals surface area contributed by atoms with E-state index in [1.807, 2.05) is 0 Å². The van der Waals surface area contributed by atoms with Gasteiger partial charge in [-0.15, -0.1) is 5.06 Å². The Morgan fingerprint density at radius 3 is 1.87 bits per heavy atom. The van der Waals surface area contributed by atoms with E-state index in [2.05, 4.69) is 0 Å². The Kier molecular flexibility index (Phi) is 3.75. The minimum atomic E-state index is -3.83. The van der Waals surface area contributed by atoms with Crippen LogP contribution in [-0.4, -0.2) is 30.7 Å². The molecule has 0 saturated heterocycles. The van der Waals surface area contributed by atoms with Crippen LogP contribution in [0.3, 0.4) is 0 Å². The van der Waals surface area contributed by atoms with Gasteiger partial charge in [-0.2, -0.15) is 0 Å². The molecule has 0 aromatic heterocycles. The van der Waals surface area contributed by atoms with Gasteiger partial charge in [0.25, 0.3) is 11.8 Å². The lowest BCUT2D eigenvalue weighted by molar-refractivity contribution is -0.100. The number of hydrogen-bond acceptors (Lipinski definition) is 5. The summed E-state index contributed by atoms with van der Waals surface area (Å²) in [5.74, 6) is -1.33. The Bertz CT molecular complexity index is 841. The van der Waals surface area contributed by atoms with E-state index in [1.165, 1.54) is 31.2 Å². The number of imide groups is 1. The Morgan fingerprint density at radius 2 is 1.35 bits per heavy atom. The molecule has 1 aliphatic heterocycles. The predicted molar refractivity (Wildman–Crippen MR) is 81.1 cm³/mol. The van der Waals surface area contributed by atoms with E-state index in [1.54, 1.807) is 30.3 Å². The first kappa shape index (κ1) is 15.4. The van der Waals surface area contributed by atoms with Gasteiger partial charge in [0.2, 0.25) is 9.84 Å². The van der Waals surface area contributed by atoms with E-state index >= 15 is 0 Å². The third-order valence-electron chi connectivity index (χ3n) is 3.52. The molecular weight excluding hydrogens is 318 g/mol. The van der Waals surface area contributed by atoms with Crippen LogP contribution in [0, 0.1) is 0 Å². The fourth-order valence-electron chi connectivity index (χ4n) is 2.27. The van der Waals surface area contributed by atoms with Crippen molar-refractivity contribution in [3.8, 4) is 0 Å². The second-order valence-electron chi connectivity index (χ2n) is 4.98. The first-order valence-corrected chi connectivity index (χ1v) is 8.41. The van der Waals surface area contributed by atoms with E-state index < -0.39 is 27.1 Å². The summed E-state index contributed by atoms with van der Waals surface area (Å²) in [5, 5.41) is 0.510. The van der Waals surface area contributed by atoms with Crippen molar-refractivity contribution < 1.29 is 22.8 Å². The lowest BCUT2D eigenvalue weighted by atomic mass is 10.1. The summed E-state index contributed by atoms with van der Waals surface area (Å²) in [7, 11) is -3.83. The van der Waals surface area contributed by atoms with Crippen molar-refractivity contribution in [3.63, 3.8) is 0 Å². The zero-order chi connectivity index (χ0) is 16.6. The van der Waals surface area contributed by atoms with Crippen LogP contribution >= 0.6 is 0 Å². The number of rotatable bonds is 4. The van der Waals surface area contributed by atoms with Crippen molar-refractivity contribution in [2.24, 2.45) is 0 Å². The minimum Gasteiger partial charge on any atom is -0.266 e. The minimum absolute atomic E-state index is 0.0594. The molecule has 0 radical (unpaired) electrons. The normalized spacial score (nSPS) is 15.6. The molecule has 6 nitrogen and oxygen atoms in total. The molecule has 0 saturated carbocycles. The fourth-order valence-corrected chi connectivity index (χ4v) is 3.39. The van der Waals surface area contributed by atoms with Gasteiger partial charge in [0, 0.05) is 0 Å². The third-order valence-corrected chi connectivity index (χ3v) is 5.41. The highest BCUT2D eigenvalue weighted by atomic mass is 32.2. The molecule has 2 aromatic carbocycles. The lowest BCUT2D eigenvalue weighted by Gasteiger charge is -2.19. The maximum absolute atomic E-state index is 12.4. The van der Waals surface area contributed by atoms with E-state index in [4.69, 9.17) is 4.84 Å². The highest BCUT2D eigenvalue weighted by Crippen LogP contribution is 2.25. The van der Waals surface area contributed by atoms with Gasteiger partial charge in [0.05, 0.1) is 16.0 Å². The zero-order valence-electron chi connectivity index (χ0n) is 12.2. The van der Waals surface area contributed by atoms with Crippen molar-refractivity contribution in [2.75, 3.05) is 0 Å². The molecule has 0 spiro atoms. The van der Waals surface area contributed by atoms with Crippen LogP contribution in [0.25, 0.3) is 0 Å². The largest absolute Gasteiger partial charge is 0.285 e. The number of carbonyl (C=O) groups excluding carboxylic acids is 2. The monoisotopic (exact) mass is 331 g/mol. The highest BCUT2D eigenvalue weighted by molar-refractivity contribution is 7.91. The summed E-state index contributed by atoms with van der Waals surface area (Å²) in [6, 6.07) is 14.0. The zero-order valence-corrected chi connectivity index (χ0v) is 13.0. The van der Waals surface area contributed by atoms with Crippen molar-refractivity contribution in [1.82, 2.24) is 5.06 Å². The molecule has 0 fully saturated rings. The number of benzene rings is 2.